The Labute approximate surface area is 166 Å². The van der Waals surface area contributed by atoms with E-state index in [9.17, 15) is 4.79 Å². The molecule has 1 aliphatic heterocycles. The third kappa shape index (κ3) is 4.00. The lowest BCUT2D eigenvalue weighted by Crippen LogP contribution is -2.37. The van der Waals surface area contributed by atoms with Crippen molar-refractivity contribution in [2.45, 2.75) is 6.61 Å². The summed E-state index contributed by atoms with van der Waals surface area (Å²) >= 11 is 6.14. The SMILES string of the molecule is O=C(OCc1noc(-c2ccccc2Cl)n1)c1ccccc1N1CCOCC1. The van der Waals surface area contributed by atoms with E-state index in [1.807, 2.05) is 30.3 Å². The van der Waals surface area contributed by atoms with Crippen LogP contribution in [0.2, 0.25) is 5.02 Å². The lowest BCUT2D eigenvalue weighted by molar-refractivity contribution is 0.0459. The van der Waals surface area contributed by atoms with Crippen LogP contribution < -0.4 is 4.90 Å². The number of nitrogens with zero attached hydrogens (tertiary/aromatic N) is 3. The smallest absolute Gasteiger partial charge is 0.340 e. The number of carbonyl (C=O) groups excluding carboxylic acids is 1. The van der Waals surface area contributed by atoms with Crippen molar-refractivity contribution in [3.05, 3.63) is 64.9 Å². The van der Waals surface area contributed by atoms with Crippen LogP contribution in [0, 0.1) is 0 Å². The molecule has 28 heavy (non-hydrogen) atoms. The summed E-state index contributed by atoms with van der Waals surface area (Å²) in [5.41, 5.74) is 1.96. The van der Waals surface area contributed by atoms with E-state index in [1.54, 1.807) is 18.2 Å². The molecule has 0 saturated carbocycles. The highest BCUT2D eigenvalue weighted by molar-refractivity contribution is 6.33. The zero-order valence-corrected chi connectivity index (χ0v) is 15.8. The van der Waals surface area contributed by atoms with Crippen molar-refractivity contribution in [1.82, 2.24) is 10.1 Å². The fourth-order valence-electron chi connectivity index (χ4n) is 2.99. The Bertz CT molecular complexity index is 969. The Morgan fingerprint density at radius 1 is 1.11 bits per heavy atom. The van der Waals surface area contributed by atoms with E-state index in [4.69, 9.17) is 25.6 Å². The predicted molar refractivity (Wildman–Crippen MR) is 103 cm³/mol. The molecule has 0 spiro atoms. The maximum Gasteiger partial charge on any atom is 0.340 e. The van der Waals surface area contributed by atoms with Gasteiger partial charge in [0.25, 0.3) is 5.89 Å². The van der Waals surface area contributed by atoms with Gasteiger partial charge in [0.2, 0.25) is 5.82 Å². The van der Waals surface area contributed by atoms with Crippen LogP contribution in [0.1, 0.15) is 16.2 Å². The van der Waals surface area contributed by atoms with Crippen molar-refractivity contribution in [2.75, 3.05) is 31.2 Å². The van der Waals surface area contributed by atoms with E-state index in [0.717, 1.165) is 18.8 Å². The first-order valence-electron chi connectivity index (χ1n) is 8.89. The zero-order valence-electron chi connectivity index (χ0n) is 15.0. The van der Waals surface area contributed by atoms with E-state index in [0.29, 0.717) is 29.4 Å². The minimum atomic E-state index is -0.439. The standard InChI is InChI=1S/C20H18ClN3O4/c21-16-7-3-1-5-14(16)19-22-18(23-28-19)13-27-20(25)15-6-2-4-8-17(15)24-9-11-26-12-10-24/h1-8H,9-13H2. The number of benzene rings is 2. The normalized spacial score (nSPS) is 14.1. The number of anilines is 1. The molecule has 1 aromatic heterocycles. The molecular formula is C20H18ClN3O4. The average molecular weight is 400 g/mol. The molecule has 2 heterocycles. The van der Waals surface area contributed by atoms with E-state index in [2.05, 4.69) is 15.0 Å². The van der Waals surface area contributed by atoms with Gasteiger partial charge < -0.3 is 18.9 Å². The van der Waals surface area contributed by atoms with E-state index in [1.165, 1.54) is 0 Å². The summed E-state index contributed by atoms with van der Waals surface area (Å²) in [5, 5.41) is 4.37. The Hall–Kier alpha value is -2.90. The van der Waals surface area contributed by atoms with Gasteiger partial charge in [0.15, 0.2) is 6.61 Å². The van der Waals surface area contributed by atoms with Crippen LogP contribution >= 0.6 is 11.6 Å². The maximum atomic E-state index is 12.6. The van der Waals surface area contributed by atoms with Crippen LogP contribution in [-0.4, -0.2) is 42.4 Å². The van der Waals surface area contributed by atoms with Crippen LogP contribution in [-0.2, 0) is 16.1 Å². The van der Waals surface area contributed by atoms with Crippen molar-refractivity contribution < 1.29 is 18.8 Å². The monoisotopic (exact) mass is 399 g/mol. The van der Waals surface area contributed by atoms with Gasteiger partial charge in [0.05, 0.1) is 35.1 Å². The molecule has 7 nitrogen and oxygen atoms in total. The molecule has 0 radical (unpaired) electrons. The molecule has 1 aliphatic rings. The Kier molecular flexibility index (Phi) is 5.55. The molecule has 1 fully saturated rings. The molecule has 8 heteroatoms. The highest BCUT2D eigenvalue weighted by Crippen LogP contribution is 2.26. The Morgan fingerprint density at radius 3 is 2.68 bits per heavy atom. The number of hydrogen-bond acceptors (Lipinski definition) is 7. The number of para-hydroxylation sites is 1. The molecule has 144 valence electrons. The summed E-state index contributed by atoms with van der Waals surface area (Å²) in [7, 11) is 0. The summed E-state index contributed by atoms with van der Waals surface area (Å²) in [4.78, 5) is 19.0. The second kappa shape index (κ2) is 8.41. The van der Waals surface area contributed by atoms with E-state index < -0.39 is 5.97 Å². The highest BCUT2D eigenvalue weighted by Gasteiger charge is 2.20. The third-order valence-electron chi connectivity index (χ3n) is 4.38. The summed E-state index contributed by atoms with van der Waals surface area (Å²) in [6.45, 7) is 2.64. The molecule has 0 aliphatic carbocycles. The van der Waals surface area contributed by atoms with Crippen LogP contribution in [0.4, 0.5) is 5.69 Å². The molecular weight excluding hydrogens is 382 g/mol. The number of aromatic nitrogens is 2. The molecule has 4 rings (SSSR count). The molecule has 0 bridgehead atoms. The molecule has 0 unspecified atom stereocenters. The first-order valence-corrected chi connectivity index (χ1v) is 9.26. The van der Waals surface area contributed by atoms with Gasteiger partial charge in [-0.25, -0.2) is 4.79 Å². The topological polar surface area (TPSA) is 77.7 Å². The molecule has 0 amide bonds. The second-order valence-corrected chi connectivity index (χ2v) is 6.60. The first-order chi connectivity index (χ1) is 13.7. The summed E-state index contributed by atoms with van der Waals surface area (Å²) in [6, 6.07) is 14.5. The van der Waals surface area contributed by atoms with Crippen molar-refractivity contribution in [3.63, 3.8) is 0 Å². The number of hydrogen-bond donors (Lipinski definition) is 0. The van der Waals surface area contributed by atoms with E-state index >= 15 is 0 Å². The maximum absolute atomic E-state index is 12.6. The van der Waals surface area contributed by atoms with Crippen molar-refractivity contribution >= 4 is 23.3 Å². The summed E-state index contributed by atoms with van der Waals surface area (Å²) in [5.74, 6) is 0.115. The van der Waals surface area contributed by atoms with E-state index in [-0.39, 0.29) is 18.3 Å². The quantitative estimate of drug-likeness (QED) is 0.607. The molecule has 0 atom stereocenters. The lowest BCUT2D eigenvalue weighted by atomic mass is 10.1. The van der Waals surface area contributed by atoms with Gasteiger partial charge in [-0.05, 0) is 24.3 Å². The lowest BCUT2D eigenvalue weighted by Gasteiger charge is -2.30. The fraction of sp³-hybridized carbons (Fsp3) is 0.250. The molecule has 2 aromatic carbocycles. The van der Waals surface area contributed by atoms with Gasteiger partial charge in [-0.2, -0.15) is 4.98 Å². The van der Waals surface area contributed by atoms with Crippen LogP contribution in [0.25, 0.3) is 11.5 Å². The summed E-state index contributed by atoms with van der Waals surface area (Å²) < 4.78 is 16.0. The van der Waals surface area contributed by atoms with Crippen molar-refractivity contribution in [3.8, 4) is 11.5 Å². The van der Waals surface area contributed by atoms with Gasteiger partial charge in [0, 0.05) is 13.1 Å². The second-order valence-electron chi connectivity index (χ2n) is 6.19. The predicted octanol–water partition coefficient (Wildman–Crippen LogP) is 3.58. The largest absolute Gasteiger partial charge is 0.454 e. The van der Waals surface area contributed by atoms with Crippen LogP contribution in [0.5, 0.6) is 0 Å². The zero-order chi connectivity index (χ0) is 19.3. The fourth-order valence-corrected chi connectivity index (χ4v) is 3.21. The van der Waals surface area contributed by atoms with Crippen LogP contribution in [0.3, 0.4) is 0 Å². The number of carbonyl (C=O) groups is 1. The number of halogens is 1. The van der Waals surface area contributed by atoms with Gasteiger partial charge in [-0.15, -0.1) is 0 Å². The Morgan fingerprint density at radius 2 is 1.86 bits per heavy atom. The summed E-state index contributed by atoms with van der Waals surface area (Å²) in [6.07, 6.45) is 0. The van der Waals surface area contributed by atoms with Crippen LogP contribution in [0.15, 0.2) is 53.1 Å². The van der Waals surface area contributed by atoms with Gasteiger partial charge in [0.1, 0.15) is 0 Å². The first kappa shape index (κ1) is 18.5. The highest BCUT2D eigenvalue weighted by atomic mass is 35.5. The van der Waals surface area contributed by atoms with Gasteiger partial charge in [-0.1, -0.05) is 41.0 Å². The minimum absolute atomic E-state index is 0.0930. The number of esters is 1. The minimum Gasteiger partial charge on any atom is -0.454 e. The van der Waals surface area contributed by atoms with Crippen molar-refractivity contribution in [1.29, 1.82) is 0 Å². The molecule has 3 aromatic rings. The average Bonchev–Trinajstić information content (AvgIpc) is 3.22. The number of morpholine rings is 1. The number of rotatable bonds is 5. The van der Waals surface area contributed by atoms with Crippen molar-refractivity contribution in [2.24, 2.45) is 0 Å². The number of ether oxygens (including phenoxy) is 2. The van der Waals surface area contributed by atoms with Gasteiger partial charge in [-0.3, -0.25) is 0 Å². The molecule has 1 saturated heterocycles. The molecule has 0 N–H and O–H groups in total. The van der Waals surface area contributed by atoms with Gasteiger partial charge >= 0.3 is 5.97 Å². The Balaban J connectivity index is 1.45. The third-order valence-corrected chi connectivity index (χ3v) is 4.71.